The fraction of sp³-hybridized carbons (Fsp3) is 0.200. The van der Waals surface area contributed by atoms with Gasteiger partial charge in [0, 0.05) is 30.2 Å². The van der Waals surface area contributed by atoms with Crippen LogP contribution in [-0.4, -0.2) is 10.8 Å². The smallest absolute Gasteiger partial charge is 0.269 e. The zero-order valence-corrected chi connectivity index (χ0v) is 15.5. The van der Waals surface area contributed by atoms with Crippen LogP contribution in [0, 0.1) is 28.4 Å². The van der Waals surface area contributed by atoms with Crippen LogP contribution in [0.1, 0.15) is 29.0 Å². The van der Waals surface area contributed by atoms with Gasteiger partial charge in [-0.15, -0.1) is 11.8 Å². The second-order valence-corrected chi connectivity index (χ2v) is 7.27. The summed E-state index contributed by atoms with van der Waals surface area (Å²) in [6.45, 7) is 1.99. The van der Waals surface area contributed by atoms with E-state index in [4.69, 9.17) is 0 Å². The normalized spacial score (nSPS) is 16.6. The molecular weight excluding hydrogens is 362 g/mol. The fourth-order valence-electron chi connectivity index (χ4n) is 2.89. The van der Waals surface area contributed by atoms with Gasteiger partial charge in [-0.3, -0.25) is 14.9 Å². The molecule has 1 N–H and O–H groups in total. The molecule has 27 heavy (non-hydrogen) atoms. The van der Waals surface area contributed by atoms with Gasteiger partial charge in [0.25, 0.3) is 5.69 Å². The maximum atomic E-state index is 12.2. The van der Waals surface area contributed by atoms with Crippen molar-refractivity contribution in [3.05, 3.63) is 85.9 Å². The number of nitrogens with zero attached hydrogens (tertiary/aromatic N) is 2. The number of non-ortho nitro benzene ring substituents is 1. The summed E-state index contributed by atoms with van der Waals surface area (Å²) in [4.78, 5) is 22.5. The number of thioether (sulfide) groups is 1. The minimum absolute atomic E-state index is 0.0334. The zero-order valence-electron chi connectivity index (χ0n) is 14.6. The number of nitrogens with one attached hydrogen (secondary N) is 1. The molecular formula is C20H17N3O3S. The highest BCUT2D eigenvalue weighted by molar-refractivity contribution is 8.02. The second-order valence-electron chi connectivity index (χ2n) is 6.28. The summed E-state index contributed by atoms with van der Waals surface area (Å²) in [5.41, 5.74) is 3.52. The van der Waals surface area contributed by atoms with E-state index in [1.807, 2.05) is 31.2 Å². The molecule has 6 nitrogen and oxygen atoms in total. The number of allylic oxidation sites excluding steroid dienone is 1. The number of benzene rings is 2. The van der Waals surface area contributed by atoms with Crippen LogP contribution in [0.2, 0.25) is 0 Å². The summed E-state index contributed by atoms with van der Waals surface area (Å²) in [6, 6.07) is 16.4. The molecule has 1 heterocycles. The first kappa shape index (κ1) is 18.7. The lowest BCUT2D eigenvalue weighted by molar-refractivity contribution is -0.384. The molecule has 1 aliphatic rings. The van der Waals surface area contributed by atoms with Crippen molar-refractivity contribution in [1.82, 2.24) is 5.32 Å². The van der Waals surface area contributed by atoms with Crippen molar-refractivity contribution >= 4 is 23.4 Å². The Balaban J connectivity index is 1.82. The van der Waals surface area contributed by atoms with E-state index < -0.39 is 4.92 Å². The van der Waals surface area contributed by atoms with Gasteiger partial charge in [0.1, 0.15) is 0 Å². The highest BCUT2D eigenvalue weighted by Gasteiger charge is 2.29. The lowest BCUT2D eigenvalue weighted by Crippen LogP contribution is -2.30. The number of rotatable bonds is 5. The zero-order chi connectivity index (χ0) is 19.4. The van der Waals surface area contributed by atoms with E-state index in [0.29, 0.717) is 16.4 Å². The predicted octanol–water partition coefficient (Wildman–Crippen LogP) is 4.18. The van der Waals surface area contributed by atoms with E-state index >= 15 is 0 Å². The number of nitro benzene ring substituents is 1. The van der Waals surface area contributed by atoms with Gasteiger partial charge in [0.05, 0.1) is 21.6 Å². The molecule has 1 atom stereocenters. The van der Waals surface area contributed by atoms with Crippen LogP contribution in [0.3, 0.4) is 0 Å². The van der Waals surface area contributed by atoms with Crippen molar-refractivity contribution < 1.29 is 9.72 Å². The number of aryl methyl sites for hydroxylation is 1. The highest BCUT2D eigenvalue weighted by Crippen LogP contribution is 2.37. The van der Waals surface area contributed by atoms with Crippen molar-refractivity contribution in [3.8, 4) is 6.07 Å². The van der Waals surface area contributed by atoms with E-state index in [0.717, 1.165) is 16.7 Å². The molecule has 0 bridgehead atoms. The van der Waals surface area contributed by atoms with E-state index in [2.05, 4.69) is 11.4 Å². The Morgan fingerprint density at radius 2 is 1.89 bits per heavy atom. The lowest BCUT2D eigenvalue weighted by atomic mass is 9.87. The molecule has 0 saturated carbocycles. The van der Waals surface area contributed by atoms with Crippen LogP contribution in [0.25, 0.3) is 0 Å². The number of carbonyl (C=O) groups is 1. The summed E-state index contributed by atoms with van der Waals surface area (Å²) in [5.74, 6) is 0.119. The van der Waals surface area contributed by atoms with Crippen LogP contribution >= 0.6 is 11.8 Å². The third kappa shape index (κ3) is 4.36. The van der Waals surface area contributed by atoms with E-state index in [1.165, 1.54) is 23.9 Å². The summed E-state index contributed by atoms with van der Waals surface area (Å²) in [6.07, 6.45) is 0.244. The molecule has 0 unspecified atom stereocenters. The number of carbonyl (C=O) groups excluding carboxylic acids is 1. The molecule has 1 aliphatic heterocycles. The first-order valence-electron chi connectivity index (χ1n) is 8.34. The monoisotopic (exact) mass is 379 g/mol. The molecule has 0 fully saturated rings. The summed E-state index contributed by atoms with van der Waals surface area (Å²) >= 11 is 1.36. The third-order valence-electron chi connectivity index (χ3n) is 4.37. The predicted molar refractivity (Wildman–Crippen MR) is 104 cm³/mol. The fourth-order valence-corrected chi connectivity index (χ4v) is 3.92. The Bertz CT molecular complexity index is 944. The Morgan fingerprint density at radius 1 is 1.22 bits per heavy atom. The summed E-state index contributed by atoms with van der Waals surface area (Å²) in [7, 11) is 0. The molecule has 0 saturated heterocycles. The quantitative estimate of drug-likeness (QED) is 0.621. The first-order chi connectivity index (χ1) is 13.0. The van der Waals surface area contributed by atoms with Crippen molar-refractivity contribution in [3.63, 3.8) is 0 Å². The lowest BCUT2D eigenvalue weighted by Gasteiger charge is -2.25. The van der Waals surface area contributed by atoms with Gasteiger partial charge in [0.2, 0.25) is 5.91 Å². The maximum Gasteiger partial charge on any atom is 0.269 e. The molecule has 0 aliphatic carbocycles. The minimum Gasteiger partial charge on any atom is -0.320 e. The number of amides is 1. The Morgan fingerprint density at radius 3 is 2.48 bits per heavy atom. The van der Waals surface area contributed by atoms with Crippen LogP contribution in [-0.2, 0) is 10.5 Å². The SMILES string of the molecule is Cc1ccc([C@H]2CC(=O)NC(SCc3ccc([N+](=O)[O-])cc3)=C2C#N)cc1. The van der Waals surface area contributed by atoms with Gasteiger partial charge in [-0.05, 0) is 18.1 Å². The molecule has 3 rings (SSSR count). The van der Waals surface area contributed by atoms with Crippen LogP contribution < -0.4 is 5.32 Å². The van der Waals surface area contributed by atoms with Crippen LogP contribution in [0.4, 0.5) is 5.69 Å². The molecule has 0 aromatic heterocycles. The number of nitro groups is 1. The van der Waals surface area contributed by atoms with Crippen molar-refractivity contribution in [2.45, 2.75) is 25.0 Å². The number of hydrogen-bond acceptors (Lipinski definition) is 5. The van der Waals surface area contributed by atoms with Gasteiger partial charge >= 0.3 is 0 Å². The molecule has 2 aromatic rings. The number of hydrogen-bond donors (Lipinski definition) is 1. The van der Waals surface area contributed by atoms with Gasteiger partial charge < -0.3 is 5.32 Å². The van der Waals surface area contributed by atoms with Crippen LogP contribution in [0.15, 0.2) is 59.1 Å². The van der Waals surface area contributed by atoms with Gasteiger partial charge in [-0.25, -0.2) is 0 Å². The second kappa shape index (κ2) is 8.06. The standard InChI is InChI=1S/C20H17N3O3S/c1-13-2-6-15(7-3-13)17-10-19(24)22-20(18(17)11-21)27-12-14-4-8-16(9-5-14)23(25)26/h2-9,17H,10,12H2,1H3,(H,22,24)/t17-/m1/s1. The van der Waals surface area contributed by atoms with Crippen molar-refractivity contribution in [2.24, 2.45) is 0 Å². The van der Waals surface area contributed by atoms with Gasteiger partial charge in [-0.1, -0.05) is 42.0 Å². The number of nitriles is 1. The highest BCUT2D eigenvalue weighted by atomic mass is 32.2. The molecule has 1 amide bonds. The molecule has 2 aromatic carbocycles. The van der Waals surface area contributed by atoms with Gasteiger partial charge in [0.15, 0.2) is 0 Å². The Labute approximate surface area is 161 Å². The Kier molecular flexibility index (Phi) is 5.57. The van der Waals surface area contributed by atoms with Crippen LogP contribution in [0.5, 0.6) is 0 Å². The van der Waals surface area contributed by atoms with E-state index in [-0.39, 0.29) is 23.9 Å². The van der Waals surface area contributed by atoms with E-state index in [1.54, 1.807) is 12.1 Å². The maximum absolute atomic E-state index is 12.2. The van der Waals surface area contributed by atoms with E-state index in [9.17, 15) is 20.2 Å². The molecule has 0 radical (unpaired) electrons. The van der Waals surface area contributed by atoms with Gasteiger partial charge in [-0.2, -0.15) is 5.26 Å². The average molecular weight is 379 g/mol. The van der Waals surface area contributed by atoms with Crippen molar-refractivity contribution in [2.75, 3.05) is 0 Å². The average Bonchev–Trinajstić information content (AvgIpc) is 2.66. The topological polar surface area (TPSA) is 96.0 Å². The first-order valence-corrected chi connectivity index (χ1v) is 9.33. The summed E-state index contributed by atoms with van der Waals surface area (Å²) < 4.78 is 0. The molecule has 0 spiro atoms. The summed E-state index contributed by atoms with van der Waals surface area (Å²) in [5, 5.41) is 23.8. The Hall–Kier alpha value is -3.11. The molecule has 7 heteroatoms. The van der Waals surface area contributed by atoms with Crippen molar-refractivity contribution in [1.29, 1.82) is 5.26 Å². The largest absolute Gasteiger partial charge is 0.320 e. The minimum atomic E-state index is -0.444. The third-order valence-corrected chi connectivity index (χ3v) is 5.45. The molecule has 136 valence electrons.